The van der Waals surface area contributed by atoms with Crippen LogP contribution in [0.3, 0.4) is 0 Å². The Labute approximate surface area is 133 Å². The second-order valence-electron chi connectivity index (χ2n) is 4.76. The van der Waals surface area contributed by atoms with Crippen LogP contribution in [-0.2, 0) is 4.79 Å². The van der Waals surface area contributed by atoms with E-state index >= 15 is 0 Å². The van der Waals surface area contributed by atoms with Gasteiger partial charge in [-0.25, -0.2) is 0 Å². The molecule has 1 aromatic carbocycles. The summed E-state index contributed by atoms with van der Waals surface area (Å²) in [5.41, 5.74) is 0.0236. The minimum Gasteiger partial charge on any atom is -0.340 e. The Bertz CT molecular complexity index is 522. The minimum absolute atomic E-state index is 0.153. The average molecular weight is 337 g/mol. The molecule has 0 spiro atoms. The summed E-state index contributed by atoms with van der Waals surface area (Å²) in [7, 11) is 0. The van der Waals surface area contributed by atoms with Crippen molar-refractivity contribution < 1.29 is 9.59 Å². The number of nitrogens with one attached hydrogen (secondary N) is 1. The lowest BCUT2D eigenvalue weighted by atomic mass is 9.93. The quantitative estimate of drug-likeness (QED) is 0.826. The van der Waals surface area contributed by atoms with Crippen LogP contribution >= 0.6 is 34.8 Å². The summed E-state index contributed by atoms with van der Waals surface area (Å²) in [6, 6.07) is 3.05. The van der Waals surface area contributed by atoms with Gasteiger partial charge in [0.1, 0.15) is 0 Å². The fourth-order valence-corrected chi connectivity index (χ4v) is 2.38. The second kappa shape index (κ2) is 6.79. The fraction of sp³-hybridized carbons (Fsp3) is 0.429. The van der Waals surface area contributed by atoms with Crippen LogP contribution in [0.15, 0.2) is 12.1 Å². The number of Topliss-reactive ketones (excluding diaryl/α,β-unsaturated/α-hetero) is 1. The number of ketones is 1. The maximum absolute atomic E-state index is 12.2. The molecule has 1 unspecified atom stereocenters. The number of hydrogen-bond acceptors (Lipinski definition) is 2. The molecule has 20 heavy (non-hydrogen) atoms. The number of carbonyl (C=O) groups excluding carboxylic acids is 2. The van der Waals surface area contributed by atoms with E-state index in [0.717, 1.165) is 0 Å². The highest BCUT2D eigenvalue weighted by Crippen LogP contribution is 2.26. The molecule has 1 aromatic rings. The van der Waals surface area contributed by atoms with Gasteiger partial charge in [-0.1, -0.05) is 30.1 Å². The maximum Gasteiger partial charge on any atom is 0.252 e. The van der Waals surface area contributed by atoms with Crippen molar-refractivity contribution in [3.8, 4) is 0 Å². The van der Waals surface area contributed by atoms with Crippen molar-refractivity contribution in [1.82, 2.24) is 5.32 Å². The van der Waals surface area contributed by atoms with Crippen LogP contribution in [0.1, 0.15) is 36.2 Å². The van der Waals surface area contributed by atoms with Crippen molar-refractivity contribution in [2.45, 2.75) is 32.7 Å². The zero-order chi connectivity index (χ0) is 15.5. The molecule has 0 aliphatic carbocycles. The predicted octanol–water partition coefficient (Wildman–Crippen LogP) is 4.01. The Hall–Kier alpha value is -0.770. The third-order valence-corrected chi connectivity index (χ3v) is 4.40. The molecule has 0 heterocycles. The number of benzene rings is 1. The molecule has 0 saturated carbocycles. The van der Waals surface area contributed by atoms with Crippen molar-refractivity contribution in [3.63, 3.8) is 0 Å². The smallest absolute Gasteiger partial charge is 0.252 e. The molecule has 0 radical (unpaired) electrons. The van der Waals surface area contributed by atoms with Gasteiger partial charge in [-0.05, 0) is 38.0 Å². The molecule has 6 heteroatoms. The third kappa shape index (κ3) is 3.66. The lowest BCUT2D eigenvalue weighted by molar-refractivity contribution is -0.122. The van der Waals surface area contributed by atoms with Gasteiger partial charge >= 0.3 is 0 Å². The predicted molar refractivity (Wildman–Crippen MR) is 83.1 cm³/mol. The first kappa shape index (κ1) is 17.3. The molecule has 3 nitrogen and oxygen atoms in total. The van der Waals surface area contributed by atoms with E-state index in [1.54, 1.807) is 20.8 Å². The molecule has 110 valence electrons. The third-order valence-electron chi connectivity index (χ3n) is 3.38. The summed E-state index contributed by atoms with van der Waals surface area (Å²) < 4.78 is 0. The Morgan fingerprint density at radius 3 is 2.15 bits per heavy atom. The Morgan fingerprint density at radius 1 is 1.25 bits per heavy atom. The molecule has 0 aliphatic rings. The molecule has 0 saturated heterocycles. The monoisotopic (exact) mass is 335 g/mol. The first-order valence-electron chi connectivity index (χ1n) is 6.12. The number of alkyl halides is 1. The first-order chi connectivity index (χ1) is 9.25. The SMILES string of the molecule is CCC(C)(NC(=O)c1cc(Cl)c(C)c(Cl)c1)C(=O)CCl. The minimum atomic E-state index is -0.997. The van der Waals surface area contributed by atoms with Gasteiger partial charge in [0.2, 0.25) is 0 Å². The van der Waals surface area contributed by atoms with Crippen LogP contribution in [0.5, 0.6) is 0 Å². The van der Waals surface area contributed by atoms with Crippen LogP contribution in [0.2, 0.25) is 10.0 Å². The van der Waals surface area contributed by atoms with E-state index in [0.29, 0.717) is 27.6 Å². The van der Waals surface area contributed by atoms with Crippen LogP contribution in [0, 0.1) is 6.92 Å². The highest BCUT2D eigenvalue weighted by molar-refractivity contribution is 6.36. The van der Waals surface area contributed by atoms with Crippen molar-refractivity contribution in [2.75, 3.05) is 5.88 Å². The number of amides is 1. The molecule has 1 rings (SSSR count). The Morgan fingerprint density at radius 2 is 1.75 bits per heavy atom. The fourth-order valence-electron chi connectivity index (χ4n) is 1.60. The van der Waals surface area contributed by atoms with E-state index in [-0.39, 0.29) is 11.7 Å². The number of rotatable bonds is 5. The van der Waals surface area contributed by atoms with Gasteiger partial charge in [-0.15, -0.1) is 11.6 Å². The molecule has 0 aromatic heterocycles. The van der Waals surface area contributed by atoms with Crippen LogP contribution in [0.4, 0.5) is 0 Å². The van der Waals surface area contributed by atoms with Gasteiger partial charge in [-0.2, -0.15) is 0 Å². The topological polar surface area (TPSA) is 46.2 Å². The summed E-state index contributed by atoms with van der Waals surface area (Å²) in [6.45, 7) is 5.21. The molecule has 0 fully saturated rings. The van der Waals surface area contributed by atoms with Gasteiger partial charge < -0.3 is 5.32 Å². The standard InChI is InChI=1S/C14H16Cl3NO2/c1-4-14(3,12(19)7-15)18-13(20)9-5-10(16)8(2)11(17)6-9/h5-6H,4,7H2,1-3H3,(H,18,20). The summed E-state index contributed by atoms with van der Waals surface area (Å²) in [6.07, 6.45) is 0.442. The lowest BCUT2D eigenvalue weighted by Crippen LogP contribution is -2.52. The molecule has 0 aliphatic heterocycles. The van der Waals surface area contributed by atoms with Crippen LogP contribution < -0.4 is 5.32 Å². The van der Waals surface area contributed by atoms with Gasteiger partial charge in [-0.3, -0.25) is 9.59 Å². The van der Waals surface area contributed by atoms with Crippen molar-refractivity contribution in [2.24, 2.45) is 0 Å². The number of hydrogen-bond donors (Lipinski definition) is 1. The molecule has 1 N–H and O–H groups in total. The largest absolute Gasteiger partial charge is 0.340 e. The van der Waals surface area contributed by atoms with Crippen molar-refractivity contribution in [3.05, 3.63) is 33.3 Å². The molecule has 1 amide bonds. The van der Waals surface area contributed by atoms with E-state index in [4.69, 9.17) is 34.8 Å². The summed E-state index contributed by atoms with van der Waals surface area (Å²) in [5.74, 6) is -0.795. The average Bonchev–Trinajstić information content (AvgIpc) is 2.42. The molecule has 0 bridgehead atoms. The maximum atomic E-state index is 12.2. The van der Waals surface area contributed by atoms with E-state index in [2.05, 4.69) is 5.32 Å². The van der Waals surface area contributed by atoms with E-state index in [1.165, 1.54) is 12.1 Å². The van der Waals surface area contributed by atoms with Gasteiger partial charge in [0.25, 0.3) is 5.91 Å². The Balaban J connectivity index is 3.05. The van der Waals surface area contributed by atoms with Crippen molar-refractivity contribution >= 4 is 46.5 Å². The summed E-state index contributed by atoms with van der Waals surface area (Å²) in [5, 5.41) is 3.51. The number of carbonyl (C=O) groups is 2. The zero-order valence-corrected chi connectivity index (χ0v) is 13.8. The Kier molecular flexibility index (Phi) is 5.87. The van der Waals surface area contributed by atoms with Crippen LogP contribution in [-0.4, -0.2) is 23.1 Å². The number of halogens is 3. The van der Waals surface area contributed by atoms with Gasteiger partial charge in [0.05, 0.1) is 11.4 Å². The van der Waals surface area contributed by atoms with E-state index in [9.17, 15) is 9.59 Å². The zero-order valence-electron chi connectivity index (χ0n) is 11.5. The second-order valence-corrected chi connectivity index (χ2v) is 5.84. The van der Waals surface area contributed by atoms with Gasteiger partial charge in [0.15, 0.2) is 5.78 Å². The van der Waals surface area contributed by atoms with Crippen molar-refractivity contribution in [1.29, 1.82) is 0 Å². The first-order valence-corrected chi connectivity index (χ1v) is 7.41. The molecular formula is C14H16Cl3NO2. The van der Waals surface area contributed by atoms with E-state index in [1.807, 2.05) is 0 Å². The normalized spacial score (nSPS) is 13.7. The lowest BCUT2D eigenvalue weighted by Gasteiger charge is -2.27. The van der Waals surface area contributed by atoms with Gasteiger partial charge in [0, 0.05) is 15.6 Å². The highest BCUT2D eigenvalue weighted by atomic mass is 35.5. The molecular weight excluding hydrogens is 321 g/mol. The molecule has 1 atom stereocenters. The summed E-state index contributed by atoms with van der Waals surface area (Å²) in [4.78, 5) is 24.1. The highest BCUT2D eigenvalue weighted by Gasteiger charge is 2.32. The summed E-state index contributed by atoms with van der Waals surface area (Å²) >= 11 is 17.6. The van der Waals surface area contributed by atoms with E-state index < -0.39 is 11.4 Å². The van der Waals surface area contributed by atoms with Crippen LogP contribution in [0.25, 0.3) is 0 Å².